The van der Waals surface area contributed by atoms with Crippen LogP contribution in [0, 0.1) is 6.92 Å². The average molecular weight is 518 g/mol. The molecule has 0 amide bonds. The maximum absolute atomic E-state index is 6.45. The van der Waals surface area contributed by atoms with Crippen molar-refractivity contribution in [2.45, 2.75) is 19.4 Å². The van der Waals surface area contributed by atoms with Gasteiger partial charge in [0.25, 0.3) is 0 Å². The summed E-state index contributed by atoms with van der Waals surface area (Å²) in [5.41, 5.74) is 5.08. The molecule has 4 aromatic heterocycles. The zero-order chi connectivity index (χ0) is 26.3. The lowest BCUT2D eigenvalue weighted by molar-refractivity contribution is 0.276. The van der Waals surface area contributed by atoms with Crippen LogP contribution >= 0.6 is 0 Å². The summed E-state index contributed by atoms with van der Waals surface area (Å²) in [6, 6.07) is 21.3. The van der Waals surface area contributed by atoms with E-state index in [1.807, 2.05) is 84.5 Å². The van der Waals surface area contributed by atoms with Gasteiger partial charge in [0, 0.05) is 12.4 Å². The first-order chi connectivity index (χ1) is 19.2. The van der Waals surface area contributed by atoms with Gasteiger partial charge >= 0.3 is 0 Å². The number of rotatable bonds is 6. The monoisotopic (exact) mass is 517 g/mol. The van der Waals surface area contributed by atoms with E-state index in [9.17, 15) is 0 Å². The lowest BCUT2D eigenvalue weighted by atomic mass is 9.85. The molecule has 7 rings (SSSR count). The molecule has 0 saturated heterocycles. The topological polar surface area (TPSA) is 101 Å². The van der Waals surface area contributed by atoms with Crippen LogP contribution in [0.3, 0.4) is 0 Å². The molecule has 192 valence electrons. The van der Waals surface area contributed by atoms with Crippen LogP contribution in [-0.4, -0.2) is 41.5 Å². The summed E-state index contributed by atoms with van der Waals surface area (Å²) in [5.74, 6) is 2.57. The fourth-order valence-corrected chi connectivity index (χ4v) is 4.99. The molecular formula is C29H23N7O3. The molecule has 10 nitrogen and oxygen atoms in total. The fourth-order valence-electron chi connectivity index (χ4n) is 4.99. The van der Waals surface area contributed by atoms with E-state index in [-0.39, 0.29) is 12.5 Å². The van der Waals surface area contributed by atoms with Crippen LogP contribution in [0.15, 0.2) is 85.5 Å². The van der Waals surface area contributed by atoms with Crippen LogP contribution in [0.4, 0.5) is 0 Å². The second-order valence-electron chi connectivity index (χ2n) is 9.07. The number of aryl methyl sites for hydroxylation is 1. The number of aromatic nitrogens is 7. The number of hydrogen-bond acceptors (Lipinski definition) is 8. The number of benzene rings is 2. The van der Waals surface area contributed by atoms with Gasteiger partial charge in [0.05, 0.1) is 35.5 Å². The van der Waals surface area contributed by atoms with E-state index in [4.69, 9.17) is 24.3 Å². The van der Waals surface area contributed by atoms with Crippen molar-refractivity contribution in [3.05, 3.63) is 114 Å². The van der Waals surface area contributed by atoms with E-state index in [1.165, 1.54) is 0 Å². The summed E-state index contributed by atoms with van der Waals surface area (Å²) in [4.78, 5) is 13.9. The summed E-state index contributed by atoms with van der Waals surface area (Å²) in [6.07, 6.45) is 5.22. The number of methoxy groups -OCH3 is 1. The Labute approximate surface area is 223 Å². The van der Waals surface area contributed by atoms with Crippen LogP contribution in [0.2, 0.25) is 0 Å². The van der Waals surface area contributed by atoms with Crippen molar-refractivity contribution >= 4 is 5.65 Å². The Morgan fingerprint density at radius 1 is 0.923 bits per heavy atom. The van der Waals surface area contributed by atoms with Crippen molar-refractivity contribution in [1.29, 1.82) is 0 Å². The minimum atomic E-state index is -0.265. The zero-order valence-electron chi connectivity index (χ0n) is 21.2. The molecule has 0 saturated carbocycles. The van der Waals surface area contributed by atoms with E-state index in [2.05, 4.69) is 15.1 Å². The van der Waals surface area contributed by atoms with Crippen LogP contribution in [0.25, 0.3) is 11.3 Å². The average Bonchev–Trinajstić information content (AvgIpc) is 3.56. The highest BCUT2D eigenvalue weighted by atomic mass is 16.5. The quantitative estimate of drug-likeness (QED) is 0.307. The Balaban J connectivity index is 1.35. The Hall–Kier alpha value is -5.25. The standard InChI is InChI=1S/C29H23N7O3/c1-18-24-25(19-9-8-14-30-15-19)26-27-32-23(16-38-22-13-7-6-12-21(22)37-2)34-35(27)17-31-28(26)39-29(24)36(33-18)20-10-4-3-5-11-20/h3-15,17,25H,16H2,1-2H3/t25-/m1/s1. The molecule has 5 heterocycles. The van der Waals surface area contributed by atoms with E-state index in [0.29, 0.717) is 34.7 Å². The Kier molecular flexibility index (Phi) is 5.43. The first-order valence-corrected chi connectivity index (χ1v) is 12.4. The molecule has 0 spiro atoms. The van der Waals surface area contributed by atoms with E-state index in [1.54, 1.807) is 24.1 Å². The first kappa shape index (κ1) is 22.9. The molecule has 39 heavy (non-hydrogen) atoms. The molecule has 10 heteroatoms. The van der Waals surface area contributed by atoms with E-state index < -0.39 is 0 Å². The fraction of sp³-hybridized carbons (Fsp3) is 0.138. The Bertz CT molecular complexity index is 1800. The molecule has 6 aromatic rings. The van der Waals surface area contributed by atoms with Crippen molar-refractivity contribution < 1.29 is 14.2 Å². The smallest absolute Gasteiger partial charge is 0.230 e. The maximum atomic E-state index is 6.45. The van der Waals surface area contributed by atoms with Crippen LogP contribution in [0.1, 0.15) is 34.1 Å². The molecule has 1 aliphatic rings. The molecule has 0 fully saturated rings. The summed E-state index contributed by atoms with van der Waals surface area (Å²) in [7, 11) is 1.61. The van der Waals surface area contributed by atoms with Crippen molar-refractivity contribution in [3.8, 4) is 28.9 Å². The maximum Gasteiger partial charge on any atom is 0.230 e. The Morgan fingerprint density at radius 3 is 2.54 bits per heavy atom. The number of para-hydroxylation sites is 3. The first-order valence-electron chi connectivity index (χ1n) is 12.4. The lowest BCUT2D eigenvalue weighted by Crippen LogP contribution is -2.16. The van der Waals surface area contributed by atoms with Gasteiger partial charge in [-0.05, 0) is 42.8 Å². The molecule has 1 aliphatic heterocycles. The molecule has 0 unspecified atom stereocenters. The predicted molar refractivity (Wildman–Crippen MR) is 142 cm³/mol. The third-order valence-electron chi connectivity index (χ3n) is 6.71. The van der Waals surface area contributed by atoms with Crippen molar-refractivity contribution in [2.75, 3.05) is 7.11 Å². The van der Waals surface area contributed by atoms with E-state index in [0.717, 1.165) is 28.1 Å². The van der Waals surface area contributed by atoms with Gasteiger partial charge in [0.2, 0.25) is 11.8 Å². The van der Waals surface area contributed by atoms with Gasteiger partial charge in [-0.1, -0.05) is 36.4 Å². The molecule has 0 radical (unpaired) electrons. The third-order valence-corrected chi connectivity index (χ3v) is 6.71. The largest absolute Gasteiger partial charge is 0.493 e. The number of nitrogens with zero attached hydrogens (tertiary/aromatic N) is 7. The number of hydrogen-bond donors (Lipinski definition) is 0. The molecule has 2 aromatic carbocycles. The molecule has 1 atom stereocenters. The highest BCUT2D eigenvalue weighted by Crippen LogP contribution is 2.49. The van der Waals surface area contributed by atoms with Gasteiger partial charge in [0.1, 0.15) is 12.9 Å². The molecule has 0 N–H and O–H groups in total. The molecular weight excluding hydrogens is 494 g/mol. The lowest BCUT2D eigenvalue weighted by Gasteiger charge is -2.26. The van der Waals surface area contributed by atoms with Gasteiger partial charge in [-0.2, -0.15) is 5.10 Å². The summed E-state index contributed by atoms with van der Waals surface area (Å²) in [5, 5.41) is 9.49. The predicted octanol–water partition coefficient (Wildman–Crippen LogP) is 4.89. The number of pyridine rings is 1. The van der Waals surface area contributed by atoms with Crippen molar-refractivity contribution in [3.63, 3.8) is 0 Å². The summed E-state index contributed by atoms with van der Waals surface area (Å²) in [6.45, 7) is 2.14. The van der Waals surface area contributed by atoms with Gasteiger partial charge < -0.3 is 14.2 Å². The molecule has 0 aliphatic carbocycles. The minimum Gasteiger partial charge on any atom is -0.493 e. The van der Waals surface area contributed by atoms with Crippen molar-refractivity contribution in [2.24, 2.45) is 0 Å². The summed E-state index contributed by atoms with van der Waals surface area (Å²) < 4.78 is 21.3. The van der Waals surface area contributed by atoms with E-state index >= 15 is 0 Å². The second-order valence-corrected chi connectivity index (χ2v) is 9.07. The number of ether oxygens (including phenoxy) is 3. The minimum absolute atomic E-state index is 0.158. The van der Waals surface area contributed by atoms with Gasteiger partial charge in [-0.25, -0.2) is 19.2 Å². The highest BCUT2D eigenvalue weighted by Gasteiger charge is 2.38. The Morgan fingerprint density at radius 2 is 1.74 bits per heavy atom. The molecule has 0 bridgehead atoms. The van der Waals surface area contributed by atoms with Gasteiger partial charge in [-0.15, -0.1) is 5.10 Å². The number of fused-ring (bicyclic) bond motifs is 4. The third kappa shape index (κ3) is 3.84. The second kappa shape index (κ2) is 9.25. The summed E-state index contributed by atoms with van der Waals surface area (Å²) >= 11 is 0. The highest BCUT2D eigenvalue weighted by molar-refractivity contribution is 5.66. The van der Waals surface area contributed by atoms with Crippen LogP contribution in [-0.2, 0) is 6.61 Å². The van der Waals surface area contributed by atoms with Crippen LogP contribution in [0.5, 0.6) is 23.3 Å². The van der Waals surface area contributed by atoms with Gasteiger partial charge in [0.15, 0.2) is 23.0 Å². The zero-order valence-corrected chi connectivity index (χ0v) is 21.2. The SMILES string of the molecule is COc1ccccc1OCc1nc2c3c(ncn2n1)Oc1c(c(C)nn1-c1ccccc1)[C@H]3c1cccnc1. The van der Waals surface area contributed by atoms with Crippen molar-refractivity contribution in [1.82, 2.24) is 34.3 Å². The van der Waals surface area contributed by atoms with Gasteiger partial charge in [-0.3, -0.25) is 4.98 Å². The normalized spacial score (nSPS) is 13.9. The van der Waals surface area contributed by atoms with Crippen LogP contribution < -0.4 is 14.2 Å².